The molecule has 2 rings (SSSR count). The fraction of sp³-hybridized carbons (Fsp3) is 0.562. The van der Waals surface area contributed by atoms with E-state index in [2.05, 4.69) is 17.2 Å². The van der Waals surface area contributed by atoms with Crippen LogP contribution in [0.3, 0.4) is 0 Å². The van der Waals surface area contributed by atoms with Crippen molar-refractivity contribution in [2.24, 2.45) is 17.8 Å². The van der Waals surface area contributed by atoms with Crippen molar-refractivity contribution in [2.75, 3.05) is 5.32 Å². The summed E-state index contributed by atoms with van der Waals surface area (Å²) in [4.78, 5) is 37.9. The van der Waals surface area contributed by atoms with Crippen LogP contribution in [0, 0.1) is 24.7 Å². The van der Waals surface area contributed by atoms with Gasteiger partial charge in [0.15, 0.2) is 0 Å². The molecule has 0 spiro atoms. The third-order valence-corrected chi connectivity index (χ3v) is 4.45. The second kappa shape index (κ2) is 6.24. The fourth-order valence-corrected chi connectivity index (χ4v) is 3.04. The minimum Gasteiger partial charge on any atom is -0.327 e. The number of carbonyl (C=O) groups is 2. The number of H-pyrrole nitrogens is 1. The molecule has 5 nitrogen and oxygen atoms in total. The lowest BCUT2D eigenvalue weighted by Gasteiger charge is -2.32. The van der Waals surface area contributed by atoms with Crippen molar-refractivity contribution in [1.82, 2.24) is 4.98 Å². The molecule has 2 N–H and O–H groups in total. The highest BCUT2D eigenvalue weighted by Gasteiger charge is 2.33. The molecule has 21 heavy (non-hydrogen) atoms. The van der Waals surface area contributed by atoms with E-state index in [1.54, 1.807) is 19.9 Å². The van der Waals surface area contributed by atoms with E-state index in [0.29, 0.717) is 23.6 Å². The van der Waals surface area contributed by atoms with E-state index in [-0.39, 0.29) is 31.9 Å². The third kappa shape index (κ3) is 3.60. The zero-order valence-electron chi connectivity index (χ0n) is 12.7. The number of amides is 1. The van der Waals surface area contributed by atoms with Crippen LogP contribution >= 0.6 is 0 Å². The topological polar surface area (TPSA) is 79.0 Å². The Morgan fingerprint density at radius 1 is 1.38 bits per heavy atom. The van der Waals surface area contributed by atoms with Gasteiger partial charge in [-0.1, -0.05) is 6.92 Å². The molecule has 1 aromatic rings. The molecule has 3 unspecified atom stereocenters. The summed E-state index contributed by atoms with van der Waals surface area (Å²) in [5, 5.41) is 2.83. The molecular formula is C16H26N2O3. The molecule has 0 radical (unpaired) electrons. The van der Waals surface area contributed by atoms with Gasteiger partial charge in [0.05, 0.1) is 5.69 Å². The molecule has 1 amide bonds. The molecule has 1 fully saturated rings. The Morgan fingerprint density at radius 3 is 2.71 bits per heavy atom. The molecule has 0 bridgehead atoms. The van der Waals surface area contributed by atoms with Crippen molar-refractivity contribution in [3.63, 3.8) is 0 Å². The monoisotopic (exact) mass is 294 g/mol. The Morgan fingerprint density at radius 2 is 2.10 bits per heavy atom. The molecule has 1 aliphatic rings. The molecule has 0 aliphatic heterocycles. The van der Waals surface area contributed by atoms with Gasteiger partial charge in [-0.25, -0.2) is 0 Å². The van der Waals surface area contributed by atoms with E-state index in [9.17, 15) is 14.4 Å². The van der Waals surface area contributed by atoms with Crippen molar-refractivity contribution in [2.45, 2.75) is 40.0 Å². The lowest BCUT2D eigenvalue weighted by Crippen LogP contribution is -2.34. The lowest BCUT2D eigenvalue weighted by molar-refractivity contribution is -0.126. The summed E-state index contributed by atoms with van der Waals surface area (Å²) in [7, 11) is 0. The van der Waals surface area contributed by atoms with Crippen molar-refractivity contribution in [3.05, 3.63) is 28.2 Å². The highest BCUT2D eigenvalue weighted by Crippen LogP contribution is 2.34. The molecule has 0 aromatic carbocycles. The number of aryl methyl sites for hydroxylation is 1. The summed E-state index contributed by atoms with van der Waals surface area (Å²) in [6, 6.07) is 1.66. The lowest BCUT2D eigenvalue weighted by atomic mass is 9.73. The first-order chi connectivity index (χ1) is 9.88. The second-order valence-corrected chi connectivity index (χ2v) is 6.09. The minimum absolute atomic E-state index is 0. The summed E-state index contributed by atoms with van der Waals surface area (Å²) in [6.07, 6.45) is 3.82. The highest BCUT2D eigenvalue weighted by atomic mass is 16.2. The normalized spacial score (nSPS) is 25.4. The van der Waals surface area contributed by atoms with Gasteiger partial charge in [0.2, 0.25) is 5.91 Å². The predicted octanol–water partition coefficient (Wildman–Crippen LogP) is 2.76. The number of nitrogens with one attached hydrogen (secondary N) is 2. The number of hydrogen-bond acceptors (Lipinski definition) is 3. The molecule has 3 atom stereocenters. The van der Waals surface area contributed by atoms with Crippen molar-refractivity contribution in [3.8, 4) is 0 Å². The van der Waals surface area contributed by atoms with Gasteiger partial charge < -0.3 is 10.3 Å². The first-order valence-electron chi connectivity index (χ1n) is 7.39. The summed E-state index contributed by atoms with van der Waals surface area (Å²) in [6.45, 7) is 5.38. The Kier molecular flexibility index (Phi) is 4.60. The third-order valence-electron chi connectivity index (χ3n) is 4.45. The largest absolute Gasteiger partial charge is 0.327 e. The maximum absolute atomic E-state index is 12.3. The predicted molar refractivity (Wildman–Crippen MR) is 85.3 cm³/mol. The number of aromatic nitrogens is 1. The number of pyridine rings is 1. The smallest absolute Gasteiger partial charge is 0.250 e. The SMILES string of the molecule is CC(=O)C1CC(C(=O)Nc2c[nH]c(=O)c(C)c2)CCC1C.[HH].[HH]. The van der Waals surface area contributed by atoms with Gasteiger partial charge in [0.1, 0.15) is 5.78 Å². The van der Waals surface area contributed by atoms with Crippen LogP contribution in [0.25, 0.3) is 0 Å². The average Bonchev–Trinajstić information content (AvgIpc) is 2.43. The molecule has 118 valence electrons. The zero-order valence-corrected chi connectivity index (χ0v) is 12.7. The number of rotatable bonds is 3. The van der Waals surface area contributed by atoms with Crippen LogP contribution < -0.4 is 10.9 Å². The summed E-state index contributed by atoms with van der Waals surface area (Å²) in [5.41, 5.74) is 0.998. The van der Waals surface area contributed by atoms with E-state index < -0.39 is 0 Å². The van der Waals surface area contributed by atoms with E-state index in [1.807, 2.05) is 0 Å². The van der Waals surface area contributed by atoms with Crippen LogP contribution in [0.1, 0.15) is 41.5 Å². The Hall–Kier alpha value is -1.91. The Balaban J connectivity index is 0.00000242. The number of Topliss-reactive ketones (excluding diaryl/α,β-unsaturated/α-hetero) is 1. The molecule has 0 saturated heterocycles. The Bertz CT molecular complexity index is 616. The zero-order chi connectivity index (χ0) is 15.6. The number of aromatic amines is 1. The molecule has 1 saturated carbocycles. The quantitative estimate of drug-likeness (QED) is 0.899. The van der Waals surface area contributed by atoms with Gasteiger partial charge in [-0.05, 0) is 45.1 Å². The van der Waals surface area contributed by atoms with Gasteiger partial charge in [0.25, 0.3) is 5.56 Å². The van der Waals surface area contributed by atoms with Gasteiger partial charge >= 0.3 is 0 Å². The minimum atomic E-state index is -0.156. The summed E-state index contributed by atoms with van der Waals surface area (Å²) < 4.78 is 0. The second-order valence-electron chi connectivity index (χ2n) is 6.09. The molecular weight excluding hydrogens is 268 g/mol. The van der Waals surface area contributed by atoms with Crippen LogP contribution in [-0.2, 0) is 9.59 Å². The maximum atomic E-state index is 12.3. The number of hydrogen-bond donors (Lipinski definition) is 2. The van der Waals surface area contributed by atoms with Crippen LogP contribution in [0.4, 0.5) is 5.69 Å². The Labute approximate surface area is 127 Å². The number of anilines is 1. The fourth-order valence-electron chi connectivity index (χ4n) is 3.04. The molecule has 1 heterocycles. The van der Waals surface area contributed by atoms with Crippen molar-refractivity contribution >= 4 is 17.4 Å². The van der Waals surface area contributed by atoms with Crippen LogP contribution in [-0.4, -0.2) is 16.7 Å². The van der Waals surface area contributed by atoms with Gasteiger partial charge in [-0.3, -0.25) is 14.4 Å². The van der Waals surface area contributed by atoms with Gasteiger partial charge in [-0.15, -0.1) is 0 Å². The molecule has 5 heteroatoms. The maximum Gasteiger partial charge on any atom is 0.250 e. The van der Waals surface area contributed by atoms with E-state index in [0.717, 1.165) is 12.8 Å². The van der Waals surface area contributed by atoms with Gasteiger partial charge in [-0.2, -0.15) is 0 Å². The van der Waals surface area contributed by atoms with E-state index in [4.69, 9.17) is 0 Å². The number of carbonyl (C=O) groups excluding carboxylic acids is 2. The van der Waals surface area contributed by atoms with Crippen molar-refractivity contribution in [1.29, 1.82) is 0 Å². The van der Waals surface area contributed by atoms with E-state index in [1.165, 1.54) is 6.20 Å². The molecule has 1 aliphatic carbocycles. The van der Waals surface area contributed by atoms with Crippen LogP contribution in [0.15, 0.2) is 17.1 Å². The van der Waals surface area contributed by atoms with E-state index >= 15 is 0 Å². The summed E-state index contributed by atoms with van der Waals surface area (Å²) in [5.74, 6) is 0.288. The molecule has 1 aromatic heterocycles. The standard InChI is InChI=1S/C16H22N2O3.2H2/c1-9-4-5-12(7-14(9)11(3)19)16(21)18-13-6-10(2)15(20)17-8-13;;/h6,8-9,12,14H,4-5,7H2,1-3H3,(H,17,20)(H,18,21);2*1H. The summed E-state index contributed by atoms with van der Waals surface area (Å²) >= 11 is 0. The van der Waals surface area contributed by atoms with Gasteiger partial charge in [0, 0.05) is 26.4 Å². The number of ketones is 1. The van der Waals surface area contributed by atoms with Crippen molar-refractivity contribution < 1.29 is 12.4 Å². The first-order valence-corrected chi connectivity index (χ1v) is 7.39. The highest BCUT2D eigenvalue weighted by molar-refractivity contribution is 5.93. The van der Waals surface area contributed by atoms with Crippen LogP contribution in [0.5, 0.6) is 0 Å². The first kappa shape index (κ1) is 15.5. The van der Waals surface area contributed by atoms with Crippen LogP contribution in [0.2, 0.25) is 0 Å². The average molecular weight is 294 g/mol.